The summed E-state index contributed by atoms with van der Waals surface area (Å²) in [5, 5.41) is 10.1. The van der Waals surface area contributed by atoms with Crippen molar-refractivity contribution < 1.29 is 27.8 Å². The first-order valence-electron chi connectivity index (χ1n) is 15.2. The molecular formula is C32H47N3O6S. The fourth-order valence-electron chi connectivity index (χ4n) is 5.39. The lowest BCUT2D eigenvalue weighted by Gasteiger charge is -2.36. The van der Waals surface area contributed by atoms with E-state index in [-0.39, 0.29) is 46.8 Å². The van der Waals surface area contributed by atoms with E-state index in [9.17, 15) is 18.3 Å². The van der Waals surface area contributed by atoms with Crippen molar-refractivity contribution in [1.82, 2.24) is 9.80 Å². The molecule has 1 aliphatic heterocycles. The van der Waals surface area contributed by atoms with Crippen LogP contribution in [0.25, 0.3) is 0 Å². The van der Waals surface area contributed by atoms with Crippen LogP contribution in [-0.4, -0.2) is 87.4 Å². The lowest BCUT2D eigenvalue weighted by molar-refractivity contribution is -0.0172. The molecule has 2 N–H and O–H groups in total. The van der Waals surface area contributed by atoms with Crippen LogP contribution in [0.15, 0.2) is 53.4 Å². The summed E-state index contributed by atoms with van der Waals surface area (Å²) < 4.78 is 41.4. The number of aliphatic hydroxyl groups is 1. The normalized spacial score (nSPS) is 23.5. The Morgan fingerprint density at radius 3 is 2.50 bits per heavy atom. The van der Waals surface area contributed by atoms with Crippen molar-refractivity contribution in [3.8, 4) is 5.75 Å². The molecule has 232 valence electrons. The first kappa shape index (κ1) is 32.3. The summed E-state index contributed by atoms with van der Waals surface area (Å²) in [4.78, 5) is 18.4. The number of likely N-dealkylation sites (N-methyl/N-ethyl adjacent to an activating group) is 1. The maximum Gasteiger partial charge on any atom is 0.261 e. The van der Waals surface area contributed by atoms with Crippen molar-refractivity contribution in [2.45, 2.75) is 76.0 Å². The van der Waals surface area contributed by atoms with Gasteiger partial charge in [0.25, 0.3) is 15.9 Å². The molecule has 1 saturated carbocycles. The molecule has 10 heteroatoms. The van der Waals surface area contributed by atoms with Crippen molar-refractivity contribution in [2.75, 3.05) is 44.6 Å². The summed E-state index contributed by atoms with van der Waals surface area (Å²) >= 11 is 0. The zero-order valence-corrected chi connectivity index (χ0v) is 26.2. The summed E-state index contributed by atoms with van der Waals surface area (Å²) in [6.07, 6.45) is 4.95. The van der Waals surface area contributed by atoms with E-state index in [1.165, 1.54) is 31.0 Å². The van der Waals surface area contributed by atoms with Crippen LogP contribution in [-0.2, 0) is 14.8 Å². The van der Waals surface area contributed by atoms with Crippen LogP contribution >= 0.6 is 0 Å². The van der Waals surface area contributed by atoms with E-state index in [1.54, 1.807) is 35.2 Å². The third kappa shape index (κ3) is 8.92. The van der Waals surface area contributed by atoms with Gasteiger partial charge >= 0.3 is 0 Å². The Kier molecular flexibility index (Phi) is 11.3. The number of anilines is 1. The summed E-state index contributed by atoms with van der Waals surface area (Å²) in [6.45, 7) is 8.50. The molecule has 2 aliphatic rings. The van der Waals surface area contributed by atoms with E-state index in [0.29, 0.717) is 18.9 Å². The maximum absolute atomic E-state index is 14.2. The Hall–Kier alpha value is -2.66. The highest BCUT2D eigenvalue weighted by molar-refractivity contribution is 7.92. The van der Waals surface area contributed by atoms with E-state index in [2.05, 4.69) is 23.6 Å². The number of carbonyl (C=O) groups is 1. The van der Waals surface area contributed by atoms with Crippen LogP contribution in [0.3, 0.4) is 0 Å². The first-order valence-corrected chi connectivity index (χ1v) is 16.7. The number of rotatable bonds is 9. The number of aliphatic hydroxyl groups excluding tert-OH is 1. The van der Waals surface area contributed by atoms with Gasteiger partial charge in [-0.15, -0.1) is 0 Å². The molecule has 0 unspecified atom stereocenters. The SMILES string of the molecule is C[C@@H]1CN([C@H](C)CO)C(=O)c2cc(NS(=O)(=O)c3ccccc3)ccc2O[C@@H](C)CCCCO[C@@H]1CN(C)CC1CC1. The maximum atomic E-state index is 14.2. The van der Waals surface area contributed by atoms with Gasteiger partial charge in [0.05, 0.1) is 35.3 Å². The lowest BCUT2D eigenvalue weighted by Crippen LogP contribution is -2.47. The smallest absolute Gasteiger partial charge is 0.261 e. The quantitative estimate of drug-likeness (QED) is 0.432. The molecule has 1 heterocycles. The fourth-order valence-corrected chi connectivity index (χ4v) is 6.46. The highest BCUT2D eigenvalue weighted by Crippen LogP contribution is 2.31. The van der Waals surface area contributed by atoms with Gasteiger partial charge in [0.2, 0.25) is 0 Å². The van der Waals surface area contributed by atoms with E-state index >= 15 is 0 Å². The van der Waals surface area contributed by atoms with Gasteiger partial charge in [0.15, 0.2) is 0 Å². The van der Waals surface area contributed by atoms with Crippen LogP contribution < -0.4 is 9.46 Å². The van der Waals surface area contributed by atoms with E-state index < -0.39 is 16.1 Å². The largest absolute Gasteiger partial charge is 0.490 e. The Morgan fingerprint density at radius 2 is 1.81 bits per heavy atom. The van der Waals surface area contributed by atoms with Gasteiger partial charge in [-0.3, -0.25) is 9.52 Å². The second kappa shape index (κ2) is 14.7. The standard InChI is InChI=1S/C32H47N3O6S/c1-23-19-35(24(2)22-36)32(37)29-18-27(33-42(38,39)28-11-6-5-7-12-28)15-16-30(29)41-25(3)10-8-9-17-40-31(23)21-34(4)20-26-13-14-26/h5-7,11-12,15-16,18,23-26,31,33,36H,8-10,13-14,17,19-22H2,1-4H3/t23-,24-,25+,31-/m1/s1. The molecule has 4 atom stereocenters. The van der Waals surface area contributed by atoms with Crippen LogP contribution in [0, 0.1) is 11.8 Å². The number of fused-ring (bicyclic) bond motifs is 1. The summed E-state index contributed by atoms with van der Waals surface area (Å²) in [7, 11) is -1.73. The van der Waals surface area contributed by atoms with Gasteiger partial charge in [-0.25, -0.2) is 8.42 Å². The molecule has 0 spiro atoms. The van der Waals surface area contributed by atoms with Crippen LogP contribution in [0.2, 0.25) is 0 Å². The van der Waals surface area contributed by atoms with Gasteiger partial charge in [-0.05, 0) is 89.2 Å². The number of nitrogens with one attached hydrogen (secondary N) is 1. The molecule has 0 aromatic heterocycles. The zero-order valence-electron chi connectivity index (χ0n) is 25.4. The van der Waals surface area contributed by atoms with Crippen molar-refractivity contribution in [1.29, 1.82) is 0 Å². The second-order valence-corrected chi connectivity index (χ2v) is 13.8. The molecular weight excluding hydrogens is 554 g/mol. The van der Waals surface area contributed by atoms with Crippen molar-refractivity contribution in [2.24, 2.45) is 11.8 Å². The molecule has 2 aromatic carbocycles. The van der Waals surface area contributed by atoms with E-state index in [1.807, 2.05) is 13.8 Å². The Bertz CT molecular complexity index is 1270. The molecule has 9 nitrogen and oxygen atoms in total. The number of benzene rings is 2. The Morgan fingerprint density at radius 1 is 1.07 bits per heavy atom. The van der Waals surface area contributed by atoms with Crippen LogP contribution in [0.4, 0.5) is 5.69 Å². The third-order valence-corrected chi connectivity index (χ3v) is 9.51. The minimum absolute atomic E-state index is 0.00407. The molecule has 4 rings (SSSR count). The predicted octanol–water partition coefficient (Wildman–Crippen LogP) is 4.62. The summed E-state index contributed by atoms with van der Waals surface area (Å²) in [5.74, 6) is 0.832. The lowest BCUT2D eigenvalue weighted by atomic mass is 10.0. The topological polar surface area (TPSA) is 108 Å². The fraction of sp³-hybridized carbons (Fsp3) is 0.594. The van der Waals surface area contributed by atoms with Gasteiger partial charge in [-0.2, -0.15) is 0 Å². The molecule has 0 saturated heterocycles. The Balaban J connectivity index is 1.65. The number of amides is 1. The molecule has 0 bridgehead atoms. The van der Waals surface area contributed by atoms with Gasteiger partial charge in [-0.1, -0.05) is 25.1 Å². The molecule has 1 aliphatic carbocycles. The average molecular weight is 602 g/mol. The van der Waals surface area contributed by atoms with Crippen LogP contribution in [0.5, 0.6) is 5.75 Å². The molecule has 0 radical (unpaired) electrons. The number of ether oxygens (including phenoxy) is 2. The van der Waals surface area contributed by atoms with Crippen molar-refractivity contribution in [3.63, 3.8) is 0 Å². The van der Waals surface area contributed by atoms with Gasteiger partial charge in [0.1, 0.15) is 5.75 Å². The number of sulfonamides is 1. The van der Waals surface area contributed by atoms with E-state index in [0.717, 1.165) is 38.3 Å². The molecule has 1 fully saturated rings. The third-order valence-electron chi connectivity index (χ3n) is 8.12. The minimum atomic E-state index is -3.86. The summed E-state index contributed by atoms with van der Waals surface area (Å²) in [5.41, 5.74) is 0.513. The number of nitrogens with zero attached hydrogens (tertiary/aromatic N) is 2. The molecule has 1 amide bonds. The number of carbonyl (C=O) groups excluding carboxylic acids is 1. The molecule has 42 heavy (non-hydrogen) atoms. The Labute approximate surface area is 251 Å². The zero-order chi connectivity index (χ0) is 30.3. The van der Waals surface area contributed by atoms with Gasteiger partial charge < -0.3 is 24.4 Å². The van der Waals surface area contributed by atoms with Crippen LogP contribution in [0.1, 0.15) is 63.2 Å². The van der Waals surface area contributed by atoms with Crippen molar-refractivity contribution in [3.05, 3.63) is 54.1 Å². The monoisotopic (exact) mass is 601 g/mol. The first-order chi connectivity index (χ1) is 20.1. The summed E-state index contributed by atoms with van der Waals surface area (Å²) in [6, 6.07) is 12.4. The number of hydrogen-bond donors (Lipinski definition) is 2. The predicted molar refractivity (Wildman–Crippen MR) is 164 cm³/mol. The van der Waals surface area contributed by atoms with Crippen molar-refractivity contribution >= 4 is 21.6 Å². The highest BCUT2D eigenvalue weighted by Gasteiger charge is 2.31. The average Bonchev–Trinajstić information content (AvgIpc) is 3.78. The minimum Gasteiger partial charge on any atom is -0.490 e. The van der Waals surface area contributed by atoms with E-state index in [4.69, 9.17) is 9.47 Å². The highest BCUT2D eigenvalue weighted by atomic mass is 32.2. The van der Waals surface area contributed by atoms with Gasteiger partial charge in [0, 0.05) is 37.8 Å². The number of hydrogen-bond acceptors (Lipinski definition) is 7. The second-order valence-electron chi connectivity index (χ2n) is 12.1. The molecule has 2 aromatic rings.